The molecular weight excluding hydrogens is 208 g/mol. The number of amides is 1. The fourth-order valence-corrected chi connectivity index (χ4v) is 1.24. The van der Waals surface area contributed by atoms with Crippen molar-refractivity contribution in [1.82, 2.24) is 5.48 Å². The highest BCUT2D eigenvalue weighted by atomic mass is 16.7. The SMILES string of the molecule is COCCONCc1ccccc1C(N)=O. The van der Waals surface area contributed by atoms with Crippen molar-refractivity contribution in [1.29, 1.82) is 0 Å². The van der Waals surface area contributed by atoms with Crippen LogP contribution in [0.3, 0.4) is 0 Å². The summed E-state index contributed by atoms with van der Waals surface area (Å²) in [6.07, 6.45) is 0. The molecule has 5 nitrogen and oxygen atoms in total. The van der Waals surface area contributed by atoms with Crippen molar-refractivity contribution in [3.63, 3.8) is 0 Å². The molecule has 0 bridgehead atoms. The number of methoxy groups -OCH3 is 1. The molecule has 0 fully saturated rings. The first-order valence-corrected chi connectivity index (χ1v) is 4.97. The first kappa shape index (κ1) is 12.6. The number of hydrogen-bond donors (Lipinski definition) is 2. The molecular formula is C11H16N2O3. The second-order valence-electron chi connectivity index (χ2n) is 3.18. The van der Waals surface area contributed by atoms with E-state index in [4.69, 9.17) is 15.3 Å². The van der Waals surface area contributed by atoms with Gasteiger partial charge in [-0.25, -0.2) is 0 Å². The van der Waals surface area contributed by atoms with Crippen LogP contribution in [0.25, 0.3) is 0 Å². The first-order valence-electron chi connectivity index (χ1n) is 4.97. The van der Waals surface area contributed by atoms with E-state index in [1.54, 1.807) is 19.2 Å². The largest absolute Gasteiger partial charge is 0.382 e. The van der Waals surface area contributed by atoms with E-state index in [0.717, 1.165) is 5.56 Å². The van der Waals surface area contributed by atoms with Gasteiger partial charge in [-0.3, -0.25) is 9.63 Å². The summed E-state index contributed by atoms with van der Waals surface area (Å²) in [6.45, 7) is 1.41. The molecule has 1 rings (SSSR count). The highest BCUT2D eigenvalue weighted by Gasteiger charge is 2.05. The van der Waals surface area contributed by atoms with Gasteiger partial charge in [-0.05, 0) is 11.6 Å². The fraction of sp³-hybridized carbons (Fsp3) is 0.364. The first-order chi connectivity index (χ1) is 7.75. The maximum absolute atomic E-state index is 11.1. The molecule has 88 valence electrons. The van der Waals surface area contributed by atoms with Gasteiger partial charge < -0.3 is 10.5 Å². The molecule has 1 amide bonds. The highest BCUT2D eigenvalue weighted by Crippen LogP contribution is 2.07. The van der Waals surface area contributed by atoms with E-state index in [2.05, 4.69) is 5.48 Å². The average molecular weight is 224 g/mol. The molecule has 0 heterocycles. The Bertz CT molecular complexity index is 342. The van der Waals surface area contributed by atoms with E-state index in [9.17, 15) is 4.79 Å². The van der Waals surface area contributed by atoms with Crippen LogP contribution in [0.2, 0.25) is 0 Å². The summed E-state index contributed by atoms with van der Waals surface area (Å²) in [5.41, 5.74) is 9.30. The number of hydrogen-bond acceptors (Lipinski definition) is 4. The van der Waals surface area contributed by atoms with E-state index in [1.165, 1.54) is 0 Å². The lowest BCUT2D eigenvalue weighted by Gasteiger charge is -2.08. The zero-order valence-electron chi connectivity index (χ0n) is 9.23. The number of primary amides is 1. The number of nitrogens with two attached hydrogens (primary N) is 1. The van der Waals surface area contributed by atoms with Crippen molar-refractivity contribution in [3.05, 3.63) is 35.4 Å². The molecule has 1 aromatic carbocycles. The summed E-state index contributed by atoms with van der Waals surface area (Å²) in [4.78, 5) is 16.2. The van der Waals surface area contributed by atoms with Gasteiger partial charge in [0.05, 0.1) is 13.2 Å². The molecule has 0 unspecified atom stereocenters. The third-order valence-corrected chi connectivity index (χ3v) is 2.04. The molecule has 0 saturated heterocycles. The molecule has 0 aliphatic rings. The number of benzene rings is 1. The van der Waals surface area contributed by atoms with Crippen molar-refractivity contribution in [3.8, 4) is 0 Å². The van der Waals surface area contributed by atoms with E-state index in [1.807, 2.05) is 12.1 Å². The third kappa shape index (κ3) is 3.98. The van der Waals surface area contributed by atoms with E-state index in [0.29, 0.717) is 25.3 Å². The van der Waals surface area contributed by atoms with E-state index in [-0.39, 0.29) is 0 Å². The second kappa shape index (κ2) is 6.95. The van der Waals surface area contributed by atoms with Gasteiger partial charge in [-0.1, -0.05) is 18.2 Å². The molecule has 5 heteroatoms. The number of rotatable bonds is 7. The van der Waals surface area contributed by atoms with Crippen molar-refractivity contribution in [2.24, 2.45) is 5.73 Å². The molecule has 1 aromatic rings. The molecule has 0 aliphatic heterocycles. The molecule has 0 aromatic heterocycles. The summed E-state index contributed by atoms with van der Waals surface area (Å²) in [7, 11) is 1.60. The molecule has 0 spiro atoms. The van der Waals surface area contributed by atoms with Crippen LogP contribution in [0, 0.1) is 0 Å². The Morgan fingerprint density at radius 3 is 2.81 bits per heavy atom. The van der Waals surface area contributed by atoms with Gasteiger partial charge in [-0.2, -0.15) is 5.48 Å². The number of carbonyl (C=O) groups is 1. The maximum atomic E-state index is 11.1. The van der Waals surface area contributed by atoms with Gasteiger partial charge in [0.25, 0.3) is 0 Å². The van der Waals surface area contributed by atoms with Gasteiger partial charge in [-0.15, -0.1) is 0 Å². The quantitative estimate of drug-likeness (QED) is 0.521. The monoisotopic (exact) mass is 224 g/mol. The molecule has 0 atom stereocenters. The van der Waals surface area contributed by atoms with Crippen LogP contribution < -0.4 is 11.2 Å². The van der Waals surface area contributed by atoms with Gasteiger partial charge in [0.15, 0.2) is 0 Å². The van der Waals surface area contributed by atoms with Crippen molar-refractivity contribution >= 4 is 5.91 Å². The number of ether oxygens (including phenoxy) is 1. The van der Waals surface area contributed by atoms with Crippen molar-refractivity contribution in [2.75, 3.05) is 20.3 Å². The Kier molecular flexibility index (Phi) is 5.49. The van der Waals surface area contributed by atoms with Crippen LogP contribution in [0.5, 0.6) is 0 Å². The molecule has 16 heavy (non-hydrogen) atoms. The minimum absolute atomic E-state index is 0.433. The van der Waals surface area contributed by atoms with Crippen LogP contribution in [0.1, 0.15) is 15.9 Å². The standard InChI is InChI=1S/C11H16N2O3/c1-15-6-7-16-13-8-9-4-2-3-5-10(9)11(12)14/h2-5,13H,6-8H2,1H3,(H2,12,14). The van der Waals surface area contributed by atoms with Crippen LogP contribution in [-0.2, 0) is 16.1 Å². The Hall–Kier alpha value is -1.43. The lowest BCUT2D eigenvalue weighted by molar-refractivity contribution is 0.00339. The minimum atomic E-state index is -0.436. The Labute approximate surface area is 94.5 Å². The van der Waals surface area contributed by atoms with Gasteiger partial charge in [0.2, 0.25) is 5.91 Å². The molecule has 3 N–H and O–H groups in total. The van der Waals surface area contributed by atoms with Crippen LogP contribution >= 0.6 is 0 Å². The average Bonchev–Trinajstić information content (AvgIpc) is 2.29. The second-order valence-corrected chi connectivity index (χ2v) is 3.18. The predicted octanol–water partition coefficient (Wildman–Crippen LogP) is 0.453. The zero-order chi connectivity index (χ0) is 11.8. The van der Waals surface area contributed by atoms with E-state index < -0.39 is 5.91 Å². The number of carbonyl (C=O) groups excluding carboxylic acids is 1. The summed E-state index contributed by atoms with van der Waals surface area (Å²) >= 11 is 0. The van der Waals surface area contributed by atoms with Gasteiger partial charge in [0, 0.05) is 19.2 Å². The summed E-state index contributed by atoms with van der Waals surface area (Å²) < 4.78 is 4.82. The highest BCUT2D eigenvalue weighted by molar-refractivity contribution is 5.94. The topological polar surface area (TPSA) is 73.6 Å². The van der Waals surface area contributed by atoms with Gasteiger partial charge in [0.1, 0.15) is 0 Å². The maximum Gasteiger partial charge on any atom is 0.249 e. The third-order valence-electron chi connectivity index (χ3n) is 2.04. The Balaban J connectivity index is 2.44. The fourth-order valence-electron chi connectivity index (χ4n) is 1.24. The summed E-state index contributed by atoms with van der Waals surface area (Å²) in [6, 6.07) is 7.13. The predicted molar refractivity (Wildman–Crippen MR) is 59.6 cm³/mol. The minimum Gasteiger partial charge on any atom is -0.382 e. The van der Waals surface area contributed by atoms with Crippen LogP contribution in [-0.4, -0.2) is 26.2 Å². The van der Waals surface area contributed by atoms with Crippen LogP contribution in [0.4, 0.5) is 0 Å². The lowest BCUT2D eigenvalue weighted by Crippen LogP contribution is -2.20. The normalized spacial score (nSPS) is 10.3. The van der Waals surface area contributed by atoms with Crippen molar-refractivity contribution < 1.29 is 14.4 Å². The lowest BCUT2D eigenvalue weighted by atomic mass is 10.1. The Morgan fingerprint density at radius 1 is 1.38 bits per heavy atom. The van der Waals surface area contributed by atoms with E-state index >= 15 is 0 Å². The Morgan fingerprint density at radius 2 is 2.12 bits per heavy atom. The molecule has 0 aliphatic carbocycles. The smallest absolute Gasteiger partial charge is 0.249 e. The summed E-state index contributed by atoms with van der Waals surface area (Å²) in [5.74, 6) is -0.436. The van der Waals surface area contributed by atoms with Crippen LogP contribution in [0.15, 0.2) is 24.3 Å². The molecule has 0 saturated carbocycles. The summed E-state index contributed by atoms with van der Waals surface area (Å²) in [5, 5.41) is 0. The van der Waals surface area contributed by atoms with Crippen molar-refractivity contribution in [2.45, 2.75) is 6.54 Å². The number of hydroxylamine groups is 1. The molecule has 0 radical (unpaired) electrons. The number of nitrogens with one attached hydrogen (secondary N) is 1. The van der Waals surface area contributed by atoms with Gasteiger partial charge >= 0.3 is 0 Å². The zero-order valence-corrected chi connectivity index (χ0v) is 9.23.